The number of ether oxygens (including phenoxy) is 1. The molecular formula is C13H16N4O. The van der Waals surface area contributed by atoms with Crippen LogP contribution >= 0.6 is 0 Å². The third kappa shape index (κ3) is 2.25. The highest BCUT2D eigenvalue weighted by Crippen LogP contribution is 2.27. The Balaban J connectivity index is 2.55. The molecule has 0 amide bonds. The van der Waals surface area contributed by atoms with Crippen LogP contribution in [-0.4, -0.2) is 29.1 Å². The summed E-state index contributed by atoms with van der Waals surface area (Å²) < 4.78 is 5.14. The summed E-state index contributed by atoms with van der Waals surface area (Å²) in [6.07, 6.45) is 4.14. The number of nitrogens with one attached hydrogen (secondary N) is 1. The van der Waals surface area contributed by atoms with Crippen LogP contribution in [0.5, 0.6) is 5.88 Å². The largest absolute Gasteiger partial charge is 0.481 e. The Bertz CT molecular complexity index is 542. The van der Waals surface area contributed by atoms with Crippen molar-refractivity contribution >= 4 is 5.82 Å². The van der Waals surface area contributed by atoms with Crippen molar-refractivity contribution in [1.82, 2.24) is 15.0 Å². The maximum atomic E-state index is 5.14. The van der Waals surface area contributed by atoms with E-state index in [-0.39, 0.29) is 0 Å². The first kappa shape index (κ1) is 12.3. The maximum absolute atomic E-state index is 5.14. The zero-order chi connectivity index (χ0) is 13.0. The van der Waals surface area contributed by atoms with Crippen molar-refractivity contribution in [2.45, 2.75) is 13.3 Å². The molecule has 2 heterocycles. The van der Waals surface area contributed by atoms with Gasteiger partial charge in [0, 0.05) is 30.4 Å². The van der Waals surface area contributed by atoms with Gasteiger partial charge >= 0.3 is 0 Å². The summed E-state index contributed by atoms with van der Waals surface area (Å²) in [4.78, 5) is 12.7. The Kier molecular flexibility index (Phi) is 3.72. The molecule has 0 fully saturated rings. The molecule has 0 unspecified atom stereocenters. The molecule has 5 heteroatoms. The molecule has 0 aliphatic heterocycles. The van der Waals surface area contributed by atoms with Crippen molar-refractivity contribution in [3.63, 3.8) is 0 Å². The summed E-state index contributed by atoms with van der Waals surface area (Å²) in [6.45, 7) is 2.08. The number of anilines is 1. The number of nitrogens with zero attached hydrogens (tertiary/aromatic N) is 3. The molecule has 0 saturated heterocycles. The van der Waals surface area contributed by atoms with Crippen LogP contribution in [0.15, 0.2) is 24.7 Å². The lowest BCUT2D eigenvalue weighted by molar-refractivity contribution is 0.398. The van der Waals surface area contributed by atoms with Gasteiger partial charge in [0.1, 0.15) is 12.1 Å². The van der Waals surface area contributed by atoms with E-state index < -0.39 is 0 Å². The quantitative estimate of drug-likeness (QED) is 0.893. The van der Waals surface area contributed by atoms with Crippen LogP contribution in [0.3, 0.4) is 0 Å². The molecule has 2 aromatic rings. The zero-order valence-electron chi connectivity index (χ0n) is 10.8. The topological polar surface area (TPSA) is 59.9 Å². The lowest BCUT2D eigenvalue weighted by Crippen LogP contribution is -2.02. The molecule has 5 nitrogen and oxygen atoms in total. The molecule has 0 aromatic carbocycles. The standard InChI is InChI=1S/C13H16N4O/c1-4-10-12(16-8-17-13(10)14-2)9-5-6-15-11(7-9)18-3/h5-8H,4H2,1-3H3,(H,14,16,17). The first-order valence-corrected chi connectivity index (χ1v) is 5.82. The monoisotopic (exact) mass is 244 g/mol. The number of hydrogen-bond donors (Lipinski definition) is 1. The van der Waals surface area contributed by atoms with E-state index in [1.807, 2.05) is 19.2 Å². The molecule has 0 aliphatic carbocycles. The lowest BCUT2D eigenvalue weighted by atomic mass is 10.1. The van der Waals surface area contributed by atoms with E-state index in [2.05, 4.69) is 27.2 Å². The maximum Gasteiger partial charge on any atom is 0.213 e. The Labute approximate surface area is 106 Å². The summed E-state index contributed by atoms with van der Waals surface area (Å²) in [5.41, 5.74) is 2.99. The van der Waals surface area contributed by atoms with Gasteiger partial charge in [0.05, 0.1) is 12.8 Å². The van der Waals surface area contributed by atoms with E-state index in [4.69, 9.17) is 4.74 Å². The fourth-order valence-corrected chi connectivity index (χ4v) is 1.88. The average Bonchev–Trinajstić information content (AvgIpc) is 2.46. The molecule has 94 valence electrons. The second-order valence-electron chi connectivity index (χ2n) is 3.74. The third-order valence-corrected chi connectivity index (χ3v) is 2.75. The van der Waals surface area contributed by atoms with Gasteiger partial charge in [-0.1, -0.05) is 6.92 Å². The number of pyridine rings is 1. The van der Waals surface area contributed by atoms with Crippen molar-refractivity contribution in [2.75, 3.05) is 19.5 Å². The van der Waals surface area contributed by atoms with Gasteiger partial charge in [0.2, 0.25) is 5.88 Å². The normalized spacial score (nSPS) is 10.2. The van der Waals surface area contributed by atoms with Gasteiger partial charge in [-0.15, -0.1) is 0 Å². The van der Waals surface area contributed by atoms with Crippen LogP contribution in [0.2, 0.25) is 0 Å². The summed E-state index contributed by atoms with van der Waals surface area (Å²) >= 11 is 0. The summed E-state index contributed by atoms with van der Waals surface area (Å²) in [5.74, 6) is 1.44. The van der Waals surface area contributed by atoms with Crippen molar-refractivity contribution in [1.29, 1.82) is 0 Å². The zero-order valence-corrected chi connectivity index (χ0v) is 10.8. The fraction of sp³-hybridized carbons (Fsp3) is 0.308. The van der Waals surface area contributed by atoms with Gasteiger partial charge in [0.25, 0.3) is 0 Å². The minimum Gasteiger partial charge on any atom is -0.481 e. The second-order valence-corrected chi connectivity index (χ2v) is 3.74. The number of methoxy groups -OCH3 is 1. The highest BCUT2D eigenvalue weighted by atomic mass is 16.5. The first-order chi connectivity index (χ1) is 8.80. The number of aromatic nitrogens is 3. The van der Waals surface area contributed by atoms with Gasteiger partial charge in [0.15, 0.2) is 0 Å². The van der Waals surface area contributed by atoms with E-state index in [1.54, 1.807) is 19.6 Å². The predicted molar refractivity (Wildman–Crippen MR) is 70.7 cm³/mol. The molecule has 0 aliphatic rings. The van der Waals surface area contributed by atoms with Crippen molar-refractivity contribution in [3.05, 3.63) is 30.2 Å². The van der Waals surface area contributed by atoms with Gasteiger partial charge in [-0.05, 0) is 12.5 Å². The molecule has 0 bridgehead atoms. The molecule has 0 saturated carbocycles. The predicted octanol–water partition coefficient (Wildman–Crippen LogP) is 2.15. The molecule has 0 spiro atoms. The van der Waals surface area contributed by atoms with Crippen molar-refractivity contribution in [3.8, 4) is 17.1 Å². The van der Waals surface area contributed by atoms with Gasteiger partial charge < -0.3 is 10.1 Å². The molecule has 2 aromatic heterocycles. The Hall–Kier alpha value is -2.17. The van der Waals surface area contributed by atoms with Crippen molar-refractivity contribution < 1.29 is 4.74 Å². The lowest BCUT2D eigenvalue weighted by Gasteiger charge is -2.11. The van der Waals surface area contributed by atoms with Crippen LogP contribution < -0.4 is 10.1 Å². The first-order valence-electron chi connectivity index (χ1n) is 5.82. The van der Waals surface area contributed by atoms with E-state index in [9.17, 15) is 0 Å². The van der Waals surface area contributed by atoms with E-state index in [0.29, 0.717) is 5.88 Å². The average molecular weight is 244 g/mol. The molecular weight excluding hydrogens is 228 g/mol. The van der Waals surface area contributed by atoms with Crippen LogP contribution in [0.4, 0.5) is 5.82 Å². The van der Waals surface area contributed by atoms with E-state index in [1.165, 1.54) is 0 Å². The molecule has 0 atom stereocenters. The highest BCUT2D eigenvalue weighted by molar-refractivity contribution is 5.68. The minimum absolute atomic E-state index is 0.583. The molecule has 0 radical (unpaired) electrons. The molecule has 2 rings (SSSR count). The Morgan fingerprint density at radius 2 is 2.11 bits per heavy atom. The second kappa shape index (κ2) is 5.44. The van der Waals surface area contributed by atoms with Crippen LogP contribution in [0.1, 0.15) is 12.5 Å². The number of rotatable bonds is 4. The molecule has 18 heavy (non-hydrogen) atoms. The SMILES string of the molecule is CCc1c(NC)ncnc1-c1ccnc(OC)c1. The smallest absolute Gasteiger partial charge is 0.213 e. The molecule has 1 N–H and O–H groups in total. The third-order valence-electron chi connectivity index (χ3n) is 2.75. The van der Waals surface area contributed by atoms with Gasteiger partial charge in [-0.25, -0.2) is 15.0 Å². The van der Waals surface area contributed by atoms with Crippen LogP contribution in [0, 0.1) is 0 Å². The van der Waals surface area contributed by atoms with Crippen LogP contribution in [0.25, 0.3) is 11.3 Å². The highest BCUT2D eigenvalue weighted by Gasteiger charge is 2.11. The minimum atomic E-state index is 0.583. The van der Waals surface area contributed by atoms with Gasteiger partial charge in [-0.3, -0.25) is 0 Å². The Morgan fingerprint density at radius 3 is 2.78 bits per heavy atom. The van der Waals surface area contributed by atoms with E-state index >= 15 is 0 Å². The number of hydrogen-bond acceptors (Lipinski definition) is 5. The Morgan fingerprint density at radius 1 is 1.28 bits per heavy atom. The summed E-state index contributed by atoms with van der Waals surface area (Å²) in [5, 5.41) is 3.09. The van der Waals surface area contributed by atoms with Gasteiger partial charge in [-0.2, -0.15) is 0 Å². The van der Waals surface area contributed by atoms with Crippen molar-refractivity contribution in [2.24, 2.45) is 0 Å². The summed E-state index contributed by atoms with van der Waals surface area (Å²) in [7, 11) is 3.46. The van der Waals surface area contributed by atoms with E-state index in [0.717, 1.165) is 29.1 Å². The van der Waals surface area contributed by atoms with Crippen LogP contribution in [-0.2, 0) is 6.42 Å². The fourth-order valence-electron chi connectivity index (χ4n) is 1.88. The summed E-state index contributed by atoms with van der Waals surface area (Å²) in [6, 6.07) is 3.80.